The molecule has 5 nitrogen and oxygen atoms in total. The molecule has 0 aromatic rings. The minimum absolute atomic E-state index is 0.0678. The Kier molecular flexibility index (Phi) is 4.73. The smallest absolute Gasteiger partial charge is 0.309 e. The van der Waals surface area contributed by atoms with Crippen molar-refractivity contribution in [2.45, 2.75) is 38.7 Å². The molecule has 0 radical (unpaired) electrons. The van der Waals surface area contributed by atoms with Gasteiger partial charge in [-0.15, -0.1) is 0 Å². The van der Waals surface area contributed by atoms with Crippen LogP contribution in [0.3, 0.4) is 0 Å². The van der Waals surface area contributed by atoms with E-state index in [1.54, 1.807) is 0 Å². The van der Waals surface area contributed by atoms with E-state index in [9.17, 15) is 9.59 Å². The van der Waals surface area contributed by atoms with Crippen molar-refractivity contribution in [3.05, 3.63) is 0 Å². The van der Waals surface area contributed by atoms with Gasteiger partial charge in [-0.1, -0.05) is 12.8 Å². The number of aliphatic hydroxyl groups excluding tert-OH is 1. The van der Waals surface area contributed by atoms with Crippen molar-refractivity contribution in [3.63, 3.8) is 0 Å². The van der Waals surface area contributed by atoms with Crippen molar-refractivity contribution < 1.29 is 24.5 Å². The van der Waals surface area contributed by atoms with Crippen molar-refractivity contribution in [1.29, 1.82) is 0 Å². The molecule has 5 heteroatoms. The van der Waals surface area contributed by atoms with Gasteiger partial charge in [-0.25, -0.2) is 0 Å². The summed E-state index contributed by atoms with van der Waals surface area (Å²) in [5, 5.41) is 18.0. The molecule has 3 unspecified atom stereocenters. The van der Waals surface area contributed by atoms with E-state index in [1.165, 1.54) is 6.92 Å². The summed E-state index contributed by atoms with van der Waals surface area (Å²) in [6.07, 6.45) is 2.09. The van der Waals surface area contributed by atoms with E-state index in [1.807, 2.05) is 0 Å². The fourth-order valence-corrected chi connectivity index (χ4v) is 2.02. The summed E-state index contributed by atoms with van der Waals surface area (Å²) in [5.74, 6) is -2.60. The first-order chi connectivity index (χ1) is 7.52. The number of hydrogen-bond donors (Lipinski definition) is 2. The summed E-state index contributed by atoms with van der Waals surface area (Å²) in [6, 6.07) is 0. The van der Waals surface area contributed by atoms with Gasteiger partial charge in [0.1, 0.15) is 6.61 Å². The first-order valence-electron chi connectivity index (χ1n) is 5.60. The number of carbonyl (C=O) groups excluding carboxylic acids is 1. The van der Waals surface area contributed by atoms with Crippen LogP contribution in [0, 0.1) is 11.8 Å². The highest BCUT2D eigenvalue weighted by Gasteiger charge is 2.36. The highest BCUT2D eigenvalue weighted by molar-refractivity contribution is 5.81. The lowest BCUT2D eigenvalue weighted by atomic mass is 9.79. The second kappa shape index (κ2) is 5.84. The fraction of sp³-hybridized carbons (Fsp3) is 0.818. The van der Waals surface area contributed by atoms with Gasteiger partial charge in [0.05, 0.1) is 17.9 Å². The summed E-state index contributed by atoms with van der Waals surface area (Å²) in [6.45, 7) is 1.45. The number of aliphatic hydroxyl groups is 1. The lowest BCUT2D eigenvalue weighted by Crippen LogP contribution is -2.34. The van der Waals surface area contributed by atoms with Crippen molar-refractivity contribution in [3.8, 4) is 0 Å². The van der Waals surface area contributed by atoms with E-state index < -0.39 is 29.9 Å². The summed E-state index contributed by atoms with van der Waals surface area (Å²) < 4.78 is 4.87. The number of ether oxygens (including phenoxy) is 1. The molecule has 0 heterocycles. The van der Waals surface area contributed by atoms with Crippen LogP contribution < -0.4 is 0 Å². The molecule has 0 bridgehead atoms. The largest absolute Gasteiger partial charge is 0.481 e. The highest BCUT2D eigenvalue weighted by Crippen LogP contribution is 2.31. The van der Waals surface area contributed by atoms with E-state index in [-0.39, 0.29) is 6.61 Å². The Labute approximate surface area is 94.4 Å². The van der Waals surface area contributed by atoms with Gasteiger partial charge in [-0.3, -0.25) is 9.59 Å². The van der Waals surface area contributed by atoms with Gasteiger partial charge >= 0.3 is 11.9 Å². The van der Waals surface area contributed by atoms with Crippen LogP contribution in [0.2, 0.25) is 0 Å². The van der Waals surface area contributed by atoms with Gasteiger partial charge in [0.15, 0.2) is 0 Å². The minimum atomic E-state index is -0.932. The Bertz CT molecular complexity index is 261. The van der Waals surface area contributed by atoms with Crippen molar-refractivity contribution in [1.82, 2.24) is 0 Å². The van der Waals surface area contributed by atoms with Gasteiger partial charge in [-0.05, 0) is 19.8 Å². The molecule has 1 saturated carbocycles. The molecular formula is C11H18O5. The fourth-order valence-electron chi connectivity index (χ4n) is 2.02. The Morgan fingerprint density at radius 3 is 2.38 bits per heavy atom. The summed E-state index contributed by atoms with van der Waals surface area (Å²) >= 11 is 0. The third kappa shape index (κ3) is 3.48. The summed E-state index contributed by atoms with van der Waals surface area (Å²) in [4.78, 5) is 22.6. The maximum atomic E-state index is 11.6. The lowest BCUT2D eigenvalue weighted by Gasteiger charge is -2.26. The number of aliphatic carboxylic acids is 1. The quantitative estimate of drug-likeness (QED) is 0.698. The lowest BCUT2D eigenvalue weighted by molar-refractivity contribution is -0.161. The van der Waals surface area contributed by atoms with Gasteiger partial charge in [-0.2, -0.15) is 0 Å². The zero-order valence-electron chi connectivity index (χ0n) is 9.39. The molecule has 0 amide bonds. The zero-order chi connectivity index (χ0) is 12.1. The molecule has 0 aliphatic heterocycles. The Morgan fingerprint density at radius 1 is 1.31 bits per heavy atom. The molecule has 16 heavy (non-hydrogen) atoms. The maximum Gasteiger partial charge on any atom is 0.309 e. The van der Waals surface area contributed by atoms with Gasteiger partial charge < -0.3 is 14.9 Å². The monoisotopic (exact) mass is 230 g/mol. The third-order valence-corrected chi connectivity index (χ3v) is 2.85. The second-order valence-corrected chi connectivity index (χ2v) is 4.31. The predicted octanol–water partition coefficient (Wildman–Crippen LogP) is 0.801. The van der Waals surface area contributed by atoms with Crippen LogP contribution in [0.4, 0.5) is 0 Å². The summed E-state index contributed by atoms with van der Waals surface area (Å²) in [5.41, 5.74) is 0. The second-order valence-electron chi connectivity index (χ2n) is 4.31. The maximum absolute atomic E-state index is 11.6. The molecule has 1 rings (SSSR count). The highest BCUT2D eigenvalue weighted by atomic mass is 16.5. The van der Waals surface area contributed by atoms with E-state index in [2.05, 4.69) is 0 Å². The van der Waals surface area contributed by atoms with Crippen LogP contribution in [0.5, 0.6) is 0 Å². The molecule has 0 aromatic heterocycles. The molecular weight excluding hydrogens is 212 g/mol. The first-order valence-corrected chi connectivity index (χ1v) is 5.60. The molecule has 0 spiro atoms. The predicted molar refractivity (Wildman–Crippen MR) is 55.7 cm³/mol. The SMILES string of the molecule is CC(O)COC(=O)C1CCCCC1C(=O)O. The van der Waals surface area contributed by atoms with Crippen molar-refractivity contribution in [2.24, 2.45) is 11.8 Å². The van der Waals surface area contributed by atoms with Crippen LogP contribution >= 0.6 is 0 Å². The number of carboxylic acids is 1. The zero-order valence-corrected chi connectivity index (χ0v) is 9.39. The number of rotatable bonds is 4. The topological polar surface area (TPSA) is 83.8 Å². The number of carbonyl (C=O) groups is 2. The Balaban J connectivity index is 2.54. The minimum Gasteiger partial charge on any atom is -0.481 e. The Hall–Kier alpha value is -1.10. The molecule has 1 aliphatic carbocycles. The third-order valence-electron chi connectivity index (χ3n) is 2.85. The van der Waals surface area contributed by atoms with Gasteiger partial charge in [0.25, 0.3) is 0 Å². The standard InChI is InChI=1S/C11H18O5/c1-7(12)6-16-11(15)9-5-3-2-4-8(9)10(13)14/h7-9,12H,2-6H2,1H3,(H,13,14). The molecule has 3 atom stereocenters. The van der Waals surface area contributed by atoms with Gasteiger partial charge in [0.2, 0.25) is 0 Å². The number of hydrogen-bond acceptors (Lipinski definition) is 4. The number of esters is 1. The van der Waals surface area contributed by atoms with Crippen LogP contribution in [0.25, 0.3) is 0 Å². The van der Waals surface area contributed by atoms with E-state index in [4.69, 9.17) is 14.9 Å². The van der Waals surface area contributed by atoms with Gasteiger partial charge in [0, 0.05) is 0 Å². The average Bonchev–Trinajstić information content (AvgIpc) is 2.25. The van der Waals surface area contributed by atoms with Crippen LogP contribution in [-0.4, -0.2) is 34.9 Å². The normalized spacial score (nSPS) is 27.1. The van der Waals surface area contributed by atoms with E-state index >= 15 is 0 Å². The van der Waals surface area contributed by atoms with E-state index in [0.29, 0.717) is 12.8 Å². The molecule has 0 saturated heterocycles. The molecule has 1 aliphatic rings. The Morgan fingerprint density at radius 2 is 1.88 bits per heavy atom. The van der Waals surface area contributed by atoms with Crippen molar-refractivity contribution >= 4 is 11.9 Å². The number of carboxylic acid groups (broad SMARTS) is 1. The molecule has 2 N–H and O–H groups in total. The van der Waals surface area contributed by atoms with Crippen LogP contribution in [-0.2, 0) is 14.3 Å². The van der Waals surface area contributed by atoms with E-state index in [0.717, 1.165) is 12.8 Å². The van der Waals surface area contributed by atoms with Crippen LogP contribution in [0.1, 0.15) is 32.6 Å². The molecule has 1 fully saturated rings. The first kappa shape index (κ1) is 13.0. The van der Waals surface area contributed by atoms with Crippen molar-refractivity contribution in [2.75, 3.05) is 6.61 Å². The molecule has 0 aromatic carbocycles. The summed E-state index contributed by atoms with van der Waals surface area (Å²) in [7, 11) is 0. The average molecular weight is 230 g/mol. The van der Waals surface area contributed by atoms with Crippen LogP contribution in [0.15, 0.2) is 0 Å². The molecule has 92 valence electrons.